The van der Waals surface area contributed by atoms with Crippen LogP contribution in [0.5, 0.6) is 0 Å². The van der Waals surface area contributed by atoms with E-state index in [-0.39, 0.29) is 5.56 Å². The second-order valence-electron chi connectivity index (χ2n) is 12.2. The van der Waals surface area contributed by atoms with Gasteiger partial charge in [0.05, 0.1) is 16.6 Å². The number of nitrogens with zero attached hydrogens (tertiary/aromatic N) is 2. The molecule has 0 spiro atoms. The van der Waals surface area contributed by atoms with Crippen LogP contribution in [0.2, 0.25) is 0 Å². The van der Waals surface area contributed by atoms with E-state index < -0.39 is 0 Å². The van der Waals surface area contributed by atoms with Gasteiger partial charge in [-0.25, -0.2) is 0 Å². The van der Waals surface area contributed by atoms with E-state index in [1.165, 1.54) is 11.1 Å². The van der Waals surface area contributed by atoms with Crippen LogP contribution in [0.4, 0.5) is 0 Å². The van der Waals surface area contributed by atoms with Crippen molar-refractivity contribution in [2.45, 2.75) is 0 Å². The lowest BCUT2D eigenvalue weighted by molar-refractivity contribution is 1.03. The minimum absolute atomic E-state index is 0.0473. The Morgan fingerprint density at radius 2 is 0.833 bits per heavy atom. The topological polar surface area (TPSA) is 26.4 Å². The summed E-state index contributed by atoms with van der Waals surface area (Å²) in [4.78, 5) is 14.8. The summed E-state index contributed by atoms with van der Waals surface area (Å²) in [6, 6.07) is 63.0. The molecule has 0 amide bonds. The summed E-state index contributed by atoms with van der Waals surface area (Å²) >= 11 is 0. The molecule has 0 N–H and O–H groups in total. The Bertz CT molecular complexity index is 2600. The molecule has 2 heterocycles. The minimum Gasteiger partial charge on any atom is -0.302 e. The lowest BCUT2D eigenvalue weighted by Gasteiger charge is -2.14. The Labute approximate surface area is 278 Å². The molecule has 0 saturated carbocycles. The van der Waals surface area contributed by atoms with Crippen LogP contribution in [0, 0.1) is 0 Å². The fourth-order valence-corrected chi connectivity index (χ4v) is 7.10. The number of hydrogen-bond donors (Lipinski definition) is 0. The number of rotatable bonds is 5. The minimum atomic E-state index is -0.0473. The van der Waals surface area contributed by atoms with Gasteiger partial charge in [0.1, 0.15) is 5.52 Å². The number of aromatic nitrogens is 2. The predicted molar refractivity (Wildman–Crippen MR) is 200 cm³/mol. The molecule has 0 bridgehead atoms. The first-order valence-electron chi connectivity index (χ1n) is 16.2. The molecule has 0 atom stereocenters. The molecule has 0 unspecified atom stereocenters. The maximum Gasteiger partial charge on any atom is 0.280 e. The lowest BCUT2D eigenvalue weighted by atomic mass is 9.93. The number of fused-ring (bicyclic) bond motifs is 5. The van der Waals surface area contributed by atoms with Crippen molar-refractivity contribution >= 4 is 27.5 Å². The summed E-state index contributed by atoms with van der Waals surface area (Å²) in [5, 5.41) is 1.04. The summed E-state index contributed by atoms with van der Waals surface area (Å²) in [6.07, 6.45) is 0. The van der Waals surface area contributed by atoms with Crippen LogP contribution in [-0.2, 0) is 0 Å². The summed E-state index contributed by atoms with van der Waals surface area (Å²) < 4.78 is 4.03. The summed E-state index contributed by atoms with van der Waals surface area (Å²) in [7, 11) is 0. The second kappa shape index (κ2) is 11.4. The predicted octanol–water partition coefficient (Wildman–Crippen LogP) is 11.1. The van der Waals surface area contributed by atoms with E-state index in [1.807, 2.05) is 65.2 Å². The van der Waals surface area contributed by atoms with Crippen molar-refractivity contribution in [3.05, 3.63) is 192 Å². The van der Waals surface area contributed by atoms with E-state index in [1.54, 1.807) is 0 Å². The van der Waals surface area contributed by atoms with E-state index in [0.29, 0.717) is 5.52 Å². The second-order valence-corrected chi connectivity index (χ2v) is 12.2. The molecule has 0 aliphatic heterocycles. The van der Waals surface area contributed by atoms with Gasteiger partial charge in [0, 0.05) is 16.6 Å². The maximum absolute atomic E-state index is 14.8. The third kappa shape index (κ3) is 4.56. The summed E-state index contributed by atoms with van der Waals surface area (Å²) in [5.41, 5.74) is 13.1. The smallest absolute Gasteiger partial charge is 0.280 e. The zero-order valence-corrected chi connectivity index (χ0v) is 26.1. The van der Waals surface area contributed by atoms with Gasteiger partial charge in [-0.1, -0.05) is 133 Å². The molecule has 0 saturated heterocycles. The van der Waals surface area contributed by atoms with E-state index in [2.05, 4.69) is 126 Å². The molecule has 226 valence electrons. The van der Waals surface area contributed by atoms with Crippen molar-refractivity contribution in [1.29, 1.82) is 0 Å². The third-order valence-corrected chi connectivity index (χ3v) is 9.30. The van der Waals surface area contributed by atoms with Crippen LogP contribution in [0.3, 0.4) is 0 Å². The van der Waals surface area contributed by atoms with Crippen LogP contribution in [0.1, 0.15) is 0 Å². The average molecular weight is 615 g/mol. The first kappa shape index (κ1) is 27.8. The first-order valence-corrected chi connectivity index (χ1v) is 16.2. The Morgan fingerprint density at radius 1 is 0.354 bits per heavy atom. The fraction of sp³-hybridized carbons (Fsp3) is 0. The molecule has 2 aromatic heterocycles. The summed E-state index contributed by atoms with van der Waals surface area (Å²) in [6.45, 7) is 0. The zero-order valence-electron chi connectivity index (χ0n) is 26.1. The van der Waals surface area contributed by atoms with E-state index >= 15 is 0 Å². The molecule has 0 aliphatic carbocycles. The van der Waals surface area contributed by atoms with Gasteiger partial charge >= 0.3 is 0 Å². The van der Waals surface area contributed by atoms with Crippen molar-refractivity contribution in [1.82, 2.24) is 8.97 Å². The Kier molecular flexibility index (Phi) is 6.62. The highest BCUT2D eigenvalue weighted by Crippen LogP contribution is 2.40. The molecule has 9 rings (SSSR count). The molecule has 48 heavy (non-hydrogen) atoms. The number of para-hydroxylation sites is 3. The molecule has 0 aliphatic rings. The van der Waals surface area contributed by atoms with Crippen LogP contribution in [0.25, 0.3) is 77.6 Å². The van der Waals surface area contributed by atoms with Crippen LogP contribution in [0.15, 0.2) is 187 Å². The molecule has 3 heteroatoms. The zero-order chi connectivity index (χ0) is 32.0. The lowest BCUT2D eigenvalue weighted by Crippen LogP contribution is -2.21. The van der Waals surface area contributed by atoms with Crippen molar-refractivity contribution in [2.75, 3.05) is 0 Å². The average Bonchev–Trinajstić information content (AvgIpc) is 3.51. The molecule has 7 aromatic carbocycles. The van der Waals surface area contributed by atoms with E-state index in [4.69, 9.17) is 0 Å². The van der Waals surface area contributed by atoms with E-state index in [0.717, 1.165) is 61.0 Å². The highest BCUT2D eigenvalue weighted by molar-refractivity contribution is 6.09. The molecule has 0 fully saturated rings. The highest BCUT2D eigenvalue weighted by Gasteiger charge is 2.22. The van der Waals surface area contributed by atoms with Gasteiger partial charge in [0.2, 0.25) is 0 Å². The standard InChI is InChI=1S/C45H30N2O/c48-45-44-43(33-19-9-3-10-20-33)39-26-25-34(30-42(39)47(44)41-24-14-13-23-40(41)46(45)38-21-11-4-12-22-38)37-28-35(31-15-5-1-6-16-31)27-36(29-37)32-17-7-2-8-18-32/h1-30H. The largest absolute Gasteiger partial charge is 0.302 e. The fourth-order valence-electron chi connectivity index (χ4n) is 7.10. The Morgan fingerprint density at radius 3 is 1.42 bits per heavy atom. The van der Waals surface area contributed by atoms with Crippen LogP contribution in [-0.4, -0.2) is 8.97 Å². The van der Waals surface area contributed by atoms with E-state index in [9.17, 15) is 4.79 Å². The monoisotopic (exact) mass is 614 g/mol. The number of hydrogen-bond acceptors (Lipinski definition) is 1. The van der Waals surface area contributed by atoms with Crippen LogP contribution < -0.4 is 5.56 Å². The van der Waals surface area contributed by atoms with Gasteiger partial charge < -0.3 is 4.40 Å². The SMILES string of the molecule is O=c1c2c(-c3ccccc3)c3ccc(-c4cc(-c5ccccc5)cc(-c5ccccc5)c4)cc3n2c2ccccc2n1-c1ccccc1. The normalized spacial score (nSPS) is 11.4. The highest BCUT2D eigenvalue weighted by atomic mass is 16.1. The van der Waals surface area contributed by atoms with Crippen molar-refractivity contribution in [2.24, 2.45) is 0 Å². The van der Waals surface area contributed by atoms with Crippen molar-refractivity contribution in [3.8, 4) is 50.2 Å². The first-order chi connectivity index (χ1) is 23.7. The van der Waals surface area contributed by atoms with Gasteiger partial charge in [-0.3, -0.25) is 9.36 Å². The molecule has 3 nitrogen and oxygen atoms in total. The molecular formula is C45H30N2O. The number of benzene rings is 7. The Hall–Kier alpha value is -6.45. The molecular weight excluding hydrogens is 585 g/mol. The van der Waals surface area contributed by atoms with Gasteiger partial charge in [-0.15, -0.1) is 0 Å². The third-order valence-electron chi connectivity index (χ3n) is 9.30. The molecule has 9 aromatic rings. The maximum atomic E-state index is 14.8. The quantitative estimate of drug-likeness (QED) is 0.189. The van der Waals surface area contributed by atoms with Crippen molar-refractivity contribution in [3.63, 3.8) is 0 Å². The summed E-state index contributed by atoms with van der Waals surface area (Å²) in [5.74, 6) is 0. The van der Waals surface area contributed by atoms with Crippen LogP contribution >= 0.6 is 0 Å². The van der Waals surface area contributed by atoms with Gasteiger partial charge in [-0.2, -0.15) is 0 Å². The Balaban J connectivity index is 1.38. The van der Waals surface area contributed by atoms with Gasteiger partial charge in [0.15, 0.2) is 0 Å². The molecule has 0 radical (unpaired) electrons. The van der Waals surface area contributed by atoms with Gasteiger partial charge in [0.25, 0.3) is 5.56 Å². The van der Waals surface area contributed by atoms with Crippen molar-refractivity contribution < 1.29 is 0 Å². The van der Waals surface area contributed by atoms with Gasteiger partial charge in [-0.05, 0) is 87.5 Å².